The zero-order valence-electron chi connectivity index (χ0n) is 9.96. The van der Waals surface area contributed by atoms with E-state index in [9.17, 15) is 4.79 Å². The Morgan fingerprint density at radius 1 is 1.38 bits per heavy atom. The standard InChI is InChI=1S/C12H21N3O/c1-2-15-10(11(13)14-12(15)16)8-9-6-4-3-5-7-9/h9-10H,2-8H2,1H3,(H2,13,14,16). The summed E-state index contributed by atoms with van der Waals surface area (Å²) in [5.41, 5.74) is 0. The zero-order chi connectivity index (χ0) is 11.5. The number of amidine groups is 1. The number of hydrogen-bond donors (Lipinski definition) is 2. The predicted molar refractivity (Wildman–Crippen MR) is 63.6 cm³/mol. The first kappa shape index (κ1) is 11.4. The van der Waals surface area contributed by atoms with Crippen molar-refractivity contribution in [3.05, 3.63) is 0 Å². The molecule has 90 valence electrons. The van der Waals surface area contributed by atoms with Crippen LogP contribution < -0.4 is 5.32 Å². The van der Waals surface area contributed by atoms with Gasteiger partial charge in [0, 0.05) is 6.54 Å². The molecular formula is C12H21N3O. The Kier molecular flexibility index (Phi) is 3.46. The average molecular weight is 223 g/mol. The normalized spacial score (nSPS) is 27.3. The summed E-state index contributed by atoms with van der Waals surface area (Å²) in [6.07, 6.45) is 7.51. The third-order valence-corrected chi connectivity index (χ3v) is 3.83. The number of amides is 2. The molecule has 1 aliphatic heterocycles. The Morgan fingerprint density at radius 2 is 2.06 bits per heavy atom. The Labute approximate surface area is 96.9 Å². The Balaban J connectivity index is 1.96. The maximum Gasteiger partial charge on any atom is 0.323 e. The van der Waals surface area contributed by atoms with Gasteiger partial charge in [0.15, 0.2) is 0 Å². The highest BCUT2D eigenvalue weighted by Gasteiger charge is 2.35. The molecule has 2 fully saturated rings. The summed E-state index contributed by atoms with van der Waals surface area (Å²) < 4.78 is 0. The van der Waals surface area contributed by atoms with Crippen LogP contribution in [0, 0.1) is 11.3 Å². The van der Waals surface area contributed by atoms with Crippen LogP contribution in [0.1, 0.15) is 45.4 Å². The van der Waals surface area contributed by atoms with Crippen LogP contribution >= 0.6 is 0 Å². The number of carbonyl (C=O) groups is 1. The number of nitrogens with zero attached hydrogens (tertiary/aromatic N) is 1. The van der Waals surface area contributed by atoms with Gasteiger partial charge in [-0.25, -0.2) is 4.79 Å². The molecule has 2 amide bonds. The van der Waals surface area contributed by atoms with E-state index in [1.165, 1.54) is 32.1 Å². The predicted octanol–water partition coefficient (Wildman–Crippen LogP) is 2.35. The monoisotopic (exact) mass is 223 g/mol. The van der Waals surface area contributed by atoms with Crippen molar-refractivity contribution in [1.29, 1.82) is 5.41 Å². The van der Waals surface area contributed by atoms with Crippen molar-refractivity contribution in [3.8, 4) is 0 Å². The fourth-order valence-corrected chi connectivity index (χ4v) is 2.92. The van der Waals surface area contributed by atoms with Crippen molar-refractivity contribution >= 4 is 11.9 Å². The molecule has 1 saturated carbocycles. The topological polar surface area (TPSA) is 56.2 Å². The second kappa shape index (κ2) is 4.85. The molecule has 1 atom stereocenters. The van der Waals surface area contributed by atoms with Crippen LogP contribution in [-0.4, -0.2) is 29.4 Å². The first-order valence-electron chi connectivity index (χ1n) is 6.38. The third-order valence-electron chi connectivity index (χ3n) is 3.83. The fourth-order valence-electron chi connectivity index (χ4n) is 2.92. The molecule has 0 aromatic carbocycles. The van der Waals surface area contributed by atoms with Gasteiger partial charge in [-0.2, -0.15) is 0 Å². The van der Waals surface area contributed by atoms with Crippen molar-refractivity contribution in [3.63, 3.8) is 0 Å². The van der Waals surface area contributed by atoms with Crippen LogP contribution in [0.2, 0.25) is 0 Å². The highest BCUT2D eigenvalue weighted by Crippen LogP contribution is 2.29. The lowest BCUT2D eigenvalue weighted by Gasteiger charge is -2.28. The van der Waals surface area contributed by atoms with Crippen molar-refractivity contribution in [1.82, 2.24) is 10.2 Å². The van der Waals surface area contributed by atoms with Gasteiger partial charge in [-0.15, -0.1) is 0 Å². The van der Waals surface area contributed by atoms with Gasteiger partial charge in [0.25, 0.3) is 0 Å². The fraction of sp³-hybridized carbons (Fsp3) is 0.833. The number of hydrogen-bond acceptors (Lipinski definition) is 2. The summed E-state index contributed by atoms with van der Waals surface area (Å²) in [4.78, 5) is 13.3. The van der Waals surface area contributed by atoms with E-state index in [0.29, 0.717) is 18.3 Å². The first-order valence-corrected chi connectivity index (χ1v) is 6.38. The highest BCUT2D eigenvalue weighted by molar-refractivity contribution is 6.05. The summed E-state index contributed by atoms with van der Waals surface area (Å²) in [6.45, 7) is 2.68. The minimum Gasteiger partial charge on any atom is -0.315 e. The SMILES string of the molecule is CCN1C(=O)NC(=N)C1CC1CCCCC1. The van der Waals surface area contributed by atoms with Crippen molar-refractivity contribution in [2.75, 3.05) is 6.54 Å². The summed E-state index contributed by atoms with van der Waals surface area (Å²) in [5.74, 6) is 1.11. The molecule has 1 saturated heterocycles. The summed E-state index contributed by atoms with van der Waals surface area (Å²) in [6, 6.07) is -0.0751. The molecule has 16 heavy (non-hydrogen) atoms. The van der Waals surface area contributed by atoms with E-state index >= 15 is 0 Å². The van der Waals surface area contributed by atoms with Crippen LogP contribution in [0.4, 0.5) is 4.79 Å². The van der Waals surface area contributed by atoms with E-state index in [1.54, 1.807) is 4.90 Å². The van der Waals surface area contributed by atoms with Gasteiger partial charge in [0.05, 0.1) is 6.04 Å². The van der Waals surface area contributed by atoms with E-state index in [1.807, 2.05) is 6.92 Å². The summed E-state index contributed by atoms with van der Waals surface area (Å²) in [5, 5.41) is 10.4. The molecule has 0 aromatic heterocycles. The van der Waals surface area contributed by atoms with Gasteiger partial charge in [0.1, 0.15) is 5.84 Å². The second-order valence-electron chi connectivity index (χ2n) is 4.89. The summed E-state index contributed by atoms with van der Waals surface area (Å²) >= 11 is 0. The molecule has 1 unspecified atom stereocenters. The van der Waals surface area contributed by atoms with Gasteiger partial charge < -0.3 is 4.90 Å². The number of rotatable bonds is 3. The van der Waals surface area contributed by atoms with E-state index < -0.39 is 0 Å². The van der Waals surface area contributed by atoms with Crippen molar-refractivity contribution in [2.24, 2.45) is 5.92 Å². The molecule has 2 aliphatic rings. The van der Waals surface area contributed by atoms with Gasteiger partial charge in [0.2, 0.25) is 0 Å². The molecule has 0 aromatic rings. The van der Waals surface area contributed by atoms with E-state index in [-0.39, 0.29) is 12.1 Å². The smallest absolute Gasteiger partial charge is 0.315 e. The maximum atomic E-state index is 11.5. The van der Waals surface area contributed by atoms with Crippen LogP contribution in [0.15, 0.2) is 0 Å². The molecule has 1 aliphatic carbocycles. The maximum absolute atomic E-state index is 11.5. The molecular weight excluding hydrogens is 202 g/mol. The van der Waals surface area contributed by atoms with E-state index in [2.05, 4.69) is 5.32 Å². The molecule has 4 heteroatoms. The lowest BCUT2D eigenvalue weighted by Crippen LogP contribution is -2.36. The molecule has 4 nitrogen and oxygen atoms in total. The lowest BCUT2D eigenvalue weighted by atomic mass is 9.84. The number of nitrogens with one attached hydrogen (secondary N) is 2. The lowest BCUT2D eigenvalue weighted by molar-refractivity contribution is 0.197. The quantitative estimate of drug-likeness (QED) is 0.758. The number of likely N-dealkylation sites (N-methyl/N-ethyl adjacent to an activating group) is 1. The minimum atomic E-state index is -0.0895. The van der Waals surface area contributed by atoms with Crippen LogP contribution in [0.25, 0.3) is 0 Å². The zero-order valence-corrected chi connectivity index (χ0v) is 9.96. The third kappa shape index (κ3) is 2.20. The van der Waals surface area contributed by atoms with E-state index in [0.717, 1.165) is 6.42 Å². The van der Waals surface area contributed by atoms with Gasteiger partial charge >= 0.3 is 6.03 Å². The molecule has 0 radical (unpaired) electrons. The van der Waals surface area contributed by atoms with Crippen LogP contribution in [0.5, 0.6) is 0 Å². The molecule has 0 spiro atoms. The first-order chi connectivity index (χ1) is 7.72. The van der Waals surface area contributed by atoms with Crippen molar-refractivity contribution < 1.29 is 4.79 Å². The van der Waals surface area contributed by atoms with Gasteiger partial charge in [-0.05, 0) is 19.3 Å². The average Bonchev–Trinajstić information content (AvgIpc) is 2.55. The Morgan fingerprint density at radius 3 is 2.69 bits per heavy atom. The summed E-state index contributed by atoms with van der Waals surface area (Å²) in [7, 11) is 0. The Bertz CT molecular complexity index is 284. The number of carbonyl (C=O) groups excluding carboxylic acids is 1. The molecule has 2 N–H and O–H groups in total. The Hall–Kier alpha value is -1.06. The number of urea groups is 1. The minimum absolute atomic E-state index is 0.0144. The van der Waals surface area contributed by atoms with E-state index in [4.69, 9.17) is 5.41 Å². The van der Waals surface area contributed by atoms with Crippen molar-refractivity contribution in [2.45, 2.75) is 51.5 Å². The highest BCUT2D eigenvalue weighted by atomic mass is 16.2. The van der Waals surface area contributed by atoms with Gasteiger partial charge in [-0.1, -0.05) is 32.1 Å². The molecule has 1 heterocycles. The largest absolute Gasteiger partial charge is 0.323 e. The molecule has 0 bridgehead atoms. The van der Waals surface area contributed by atoms with Crippen LogP contribution in [0.3, 0.4) is 0 Å². The molecule has 2 rings (SSSR count). The second-order valence-corrected chi connectivity index (χ2v) is 4.89. The van der Waals surface area contributed by atoms with Gasteiger partial charge in [-0.3, -0.25) is 10.7 Å². The van der Waals surface area contributed by atoms with Crippen LogP contribution in [-0.2, 0) is 0 Å².